The number of nitrogen functional groups attached to an aromatic ring is 1. The highest BCUT2D eigenvalue weighted by Crippen LogP contribution is 2.39. The first-order chi connectivity index (χ1) is 29.8. The number of likely N-dealkylation sites (tertiary alicyclic amines) is 3. The van der Waals surface area contributed by atoms with Gasteiger partial charge in [0.15, 0.2) is 6.10 Å². The van der Waals surface area contributed by atoms with Crippen molar-refractivity contribution in [3.05, 3.63) is 58.1 Å². The molecule has 342 valence electrons. The van der Waals surface area contributed by atoms with Crippen LogP contribution in [0.4, 0.5) is 34.1 Å². The lowest BCUT2D eigenvalue weighted by Gasteiger charge is -2.41. The van der Waals surface area contributed by atoms with E-state index in [1.165, 1.54) is 36.6 Å². The molecule has 2 aromatic rings. The van der Waals surface area contributed by atoms with Crippen molar-refractivity contribution >= 4 is 47.0 Å². The molecule has 16 heteroatoms. The molecule has 12 nitrogen and oxygen atoms in total. The third kappa shape index (κ3) is 12.9. The second kappa shape index (κ2) is 22.4. The van der Waals surface area contributed by atoms with Crippen molar-refractivity contribution in [3.63, 3.8) is 0 Å². The molecule has 3 fully saturated rings. The molecule has 0 saturated carbocycles. The zero-order chi connectivity index (χ0) is 44.2. The number of urea groups is 1. The fraction of sp³-hybridized carbons (Fsp3) is 0.652. The van der Waals surface area contributed by atoms with Gasteiger partial charge in [-0.1, -0.05) is 68.8 Å². The van der Waals surface area contributed by atoms with Gasteiger partial charge in [-0.3, -0.25) is 9.59 Å². The smallest absolute Gasteiger partial charge is 0.418 e. The Kier molecular flexibility index (Phi) is 17.1. The molecule has 0 spiro atoms. The predicted molar refractivity (Wildman–Crippen MR) is 233 cm³/mol. The number of ether oxygens (including phenoxy) is 2. The molecular weight excluding hydrogens is 825 g/mol. The number of halogens is 4. The molecule has 0 aromatic heterocycles. The van der Waals surface area contributed by atoms with Crippen LogP contribution in [-0.2, 0) is 38.1 Å². The summed E-state index contributed by atoms with van der Waals surface area (Å²) in [6.07, 6.45) is 5.24. The minimum Gasteiger partial charge on any atom is -0.466 e. The largest absolute Gasteiger partial charge is 0.466 e. The van der Waals surface area contributed by atoms with Gasteiger partial charge in [-0.05, 0) is 106 Å². The molecule has 0 unspecified atom stereocenters. The summed E-state index contributed by atoms with van der Waals surface area (Å²) in [5.74, 6) is 0.272. The number of nitrogens with two attached hydrogens (primary N) is 1. The van der Waals surface area contributed by atoms with Gasteiger partial charge in [0.2, 0.25) is 0 Å². The van der Waals surface area contributed by atoms with E-state index in [2.05, 4.69) is 17.1 Å². The van der Waals surface area contributed by atoms with Gasteiger partial charge in [-0.2, -0.15) is 13.2 Å². The number of fused-ring (bicyclic) bond motifs is 1. The monoisotopic (exact) mass is 888 g/mol. The van der Waals surface area contributed by atoms with Crippen molar-refractivity contribution in [2.45, 2.75) is 122 Å². The van der Waals surface area contributed by atoms with Crippen molar-refractivity contribution in [2.24, 2.45) is 11.8 Å². The number of benzene rings is 2. The van der Waals surface area contributed by atoms with Crippen molar-refractivity contribution < 1.29 is 41.8 Å². The highest BCUT2D eigenvalue weighted by Gasteiger charge is 2.39. The number of nitrogens with one attached hydrogen (secondary N) is 1. The normalized spacial score (nSPS) is 19.1. The standard InChI is InChI=1S/C46H64ClF3N6O6/c1-2-3-4-5-6-9-28-61-41(57)19-22-53-20-12-33(13-21-53)34-14-23-54(24-15-34)43(58)40(31-32-29-37(46(48,49)50)42(51)38(47)30-32)62-45(60)55-25-17-36(18-26-55)56-27-16-35-10-7-8-11-39(35)52-44(56)59/h7-8,10-11,29-30,33-34,36,40H,2-6,9,12-28,31,51H2,1H3,(H,52,59)/t40-/m1/s1. The molecule has 3 saturated heterocycles. The summed E-state index contributed by atoms with van der Waals surface area (Å²) in [4.78, 5) is 60.7. The van der Waals surface area contributed by atoms with E-state index in [4.69, 9.17) is 26.8 Å². The first-order valence-electron chi connectivity index (χ1n) is 22.7. The van der Waals surface area contributed by atoms with Crippen molar-refractivity contribution in [3.8, 4) is 0 Å². The lowest BCUT2D eigenvalue weighted by atomic mass is 9.78. The molecule has 6 rings (SSSR count). The van der Waals surface area contributed by atoms with Crippen molar-refractivity contribution in [2.75, 3.05) is 70.0 Å². The van der Waals surface area contributed by atoms with Gasteiger partial charge in [-0.15, -0.1) is 0 Å². The van der Waals surface area contributed by atoms with Gasteiger partial charge in [0, 0.05) is 57.4 Å². The lowest BCUT2D eigenvalue weighted by Crippen LogP contribution is -2.52. The minimum absolute atomic E-state index is 0.0715. The molecule has 4 aliphatic rings. The maximum absolute atomic E-state index is 14.2. The minimum atomic E-state index is -4.78. The fourth-order valence-electron chi connectivity index (χ4n) is 9.55. The Bertz CT molecular complexity index is 1830. The third-order valence-corrected chi connectivity index (χ3v) is 13.6. The second-order valence-electron chi connectivity index (χ2n) is 17.4. The number of alkyl halides is 3. The van der Waals surface area contributed by atoms with Gasteiger partial charge in [0.1, 0.15) is 0 Å². The van der Waals surface area contributed by atoms with E-state index >= 15 is 0 Å². The van der Waals surface area contributed by atoms with E-state index in [0.29, 0.717) is 70.3 Å². The number of para-hydroxylation sites is 1. The summed E-state index contributed by atoms with van der Waals surface area (Å²) in [5.41, 5.74) is 5.89. The van der Waals surface area contributed by atoms with Crippen LogP contribution in [0.15, 0.2) is 36.4 Å². The number of carbonyl (C=O) groups is 4. The Morgan fingerprint density at radius 2 is 1.52 bits per heavy atom. The lowest BCUT2D eigenvalue weighted by molar-refractivity contribution is -0.144. The van der Waals surface area contributed by atoms with Gasteiger partial charge in [0.05, 0.1) is 29.3 Å². The van der Waals surface area contributed by atoms with Gasteiger partial charge in [-0.25, -0.2) is 9.59 Å². The Morgan fingerprint density at radius 3 is 2.21 bits per heavy atom. The van der Waals surface area contributed by atoms with Gasteiger partial charge < -0.3 is 40.1 Å². The van der Waals surface area contributed by atoms with Crippen molar-refractivity contribution in [1.82, 2.24) is 19.6 Å². The molecule has 1 atom stereocenters. The molecule has 0 aliphatic carbocycles. The van der Waals surface area contributed by atoms with E-state index in [9.17, 15) is 32.3 Å². The highest BCUT2D eigenvalue weighted by atomic mass is 35.5. The van der Waals surface area contributed by atoms with Crippen LogP contribution in [0.2, 0.25) is 5.02 Å². The first kappa shape index (κ1) is 47.2. The number of hydrogen-bond acceptors (Lipinski definition) is 8. The number of amides is 4. The topological polar surface area (TPSA) is 138 Å². The number of rotatable bonds is 16. The maximum atomic E-state index is 14.2. The average Bonchev–Trinajstić information content (AvgIpc) is 3.43. The summed E-state index contributed by atoms with van der Waals surface area (Å²) in [6.45, 7) is 7.12. The zero-order valence-corrected chi connectivity index (χ0v) is 36.8. The molecule has 3 N–H and O–H groups in total. The van der Waals surface area contributed by atoms with Crippen LogP contribution in [-0.4, -0.2) is 115 Å². The number of piperidine rings is 3. The summed E-state index contributed by atoms with van der Waals surface area (Å²) in [5, 5.41) is 2.69. The molecule has 4 amide bonds. The Labute approximate surface area is 368 Å². The number of nitrogens with zero attached hydrogens (tertiary/aromatic N) is 4. The Morgan fingerprint density at radius 1 is 0.871 bits per heavy atom. The van der Waals surface area contributed by atoms with E-state index in [1.54, 1.807) is 4.90 Å². The molecule has 62 heavy (non-hydrogen) atoms. The molecule has 2 aromatic carbocycles. The van der Waals surface area contributed by atoms with Crippen LogP contribution in [0.25, 0.3) is 0 Å². The highest BCUT2D eigenvalue weighted by molar-refractivity contribution is 6.33. The quantitative estimate of drug-likeness (QED) is 0.0970. The zero-order valence-electron chi connectivity index (χ0n) is 36.1. The van der Waals surface area contributed by atoms with E-state index in [0.717, 1.165) is 68.9 Å². The average molecular weight is 890 g/mol. The summed E-state index contributed by atoms with van der Waals surface area (Å²) in [6, 6.07) is 9.54. The van der Waals surface area contributed by atoms with Crippen LogP contribution < -0.4 is 11.1 Å². The van der Waals surface area contributed by atoms with E-state index in [1.807, 2.05) is 29.2 Å². The number of carbonyl (C=O) groups excluding carboxylic acids is 4. The number of anilines is 2. The molecule has 4 heterocycles. The van der Waals surface area contributed by atoms with Crippen LogP contribution in [0.3, 0.4) is 0 Å². The SMILES string of the molecule is CCCCCCCCOC(=O)CCN1CCC(C2CCN(C(=O)[C@@H](Cc3cc(Cl)c(N)c(C(F)(F)F)c3)OC(=O)N3CCC(N4CCc5ccccc5NC4=O)CC3)CC2)CC1. The number of hydrogen-bond donors (Lipinski definition) is 2. The summed E-state index contributed by atoms with van der Waals surface area (Å²) in [7, 11) is 0. The molecule has 4 aliphatic heterocycles. The van der Waals surface area contributed by atoms with Gasteiger partial charge in [0.25, 0.3) is 5.91 Å². The summed E-state index contributed by atoms with van der Waals surface area (Å²) < 4.78 is 53.2. The fourth-order valence-corrected chi connectivity index (χ4v) is 9.79. The number of esters is 1. The molecule has 0 radical (unpaired) electrons. The Balaban J connectivity index is 1.00. The van der Waals surface area contributed by atoms with E-state index in [-0.39, 0.29) is 48.1 Å². The third-order valence-electron chi connectivity index (χ3n) is 13.3. The van der Waals surface area contributed by atoms with Crippen LogP contribution in [0.1, 0.15) is 107 Å². The first-order valence-corrected chi connectivity index (χ1v) is 23.1. The Hall–Kier alpha value is -4.24. The number of unbranched alkanes of at least 4 members (excludes halogenated alkanes) is 5. The van der Waals surface area contributed by atoms with Gasteiger partial charge >= 0.3 is 24.3 Å². The molecular formula is C46H64ClF3N6O6. The maximum Gasteiger partial charge on any atom is 0.418 e. The summed E-state index contributed by atoms with van der Waals surface area (Å²) >= 11 is 6.17. The van der Waals surface area contributed by atoms with Crippen LogP contribution >= 0.6 is 11.6 Å². The van der Waals surface area contributed by atoms with Crippen LogP contribution in [0.5, 0.6) is 0 Å². The van der Waals surface area contributed by atoms with E-state index < -0.39 is 35.5 Å². The molecule has 0 bridgehead atoms. The second-order valence-corrected chi connectivity index (χ2v) is 17.8. The van der Waals surface area contributed by atoms with Crippen molar-refractivity contribution in [1.29, 1.82) is 0 Å². The predicted octanol–water partition coefficient (Wildman–Crippen LogP) is 8.79. The van der Waals surface area contributed by atoms with Crippen LogP contribution in [0, 0.1) is 11.8 Å².